The standard InChI is InChI=1S/C15H15N5O2S/c1-10-8-13(22-19-10)17-14(21)11(2)23-15-16-9-20(18-15)12-6-4-3-5-7-12/h3-9,11H,1-2H3,(H,17,21). The summed E-state index contributed by atoms with van der Waals surface area (Å²) in [4.78, 5) is 16.3. The number of benzene rings is 1. The highest BCUT2D eigenvalue weighted by molar-refractivity contribution is 8.00. The largest absolute Gasteiger partial charge is 0.338 e. The molecule has 0 spiro atoms. The average Bonchev–Trinajstić information content (AvgIpc) is 3.17. The first kappa shape index (κ1) is 15.3. The molecule has 118 valence electrons. The normalized spacial score (nSPS) is 12.1. The number of thioether (sulfide) groups is 1. The Morgan fingerprint density at radius 2 is 2.13 bits per heavy atom. The molecule has 0 saturated carbocycles. The fourth-order valence-electron chi connectivity index (χ4n) is 1.86. The SMILES string of the molecule is Cc1cc(NC(=O)C(C)Sc2ncn(-c3ccccc3)n2)on1. The molecule has 0 aliphatic carbocycles. The molecule has 2 aromatic heterocycles. The van der Waals surface area contributed by atoms with Gasteiger partial charge < -0.3 is 4.52 Å². The van der Waals surface area contributed by atoms with Gasteiger partial charge in [0.05, 0.1) is 16.6 Å². The molecular formula is C15H15N5O2S. The van der Waals surface area contributed by atoms with E-state index in [1.165, 1.54) is 11.8 Å². The molecule has 0 radical (unpaired) electrons. The van der Waals surface area contributed by atoms with Crippen LogP contribution in [0.2, 0.25) is 0 Å². The number of aromatic nitrogens is 4. The van der Waals surface area contributed by atoms with Gasteiger partial charge in [-0.2, -0.15) is 0 Å². The predicted octanol–water partition coefficient (Wildman–Crippen LogP) is 2.68. The third kappa shape index (κ3) is 3.78. The van der Waals surface area contributed by atoms with Crippen LogP contribution in [0.1, 0.15) is 12.6 Å². The maximum absolute atomic E-state index is 12.1. The number of hydrogen-bond acceptors (Lipinski definition) is 6. The van der Waals surface area contributed by atoms with Crippen LogP contribution in [0, 0.1) is 6.92 Å². The minimum atomic E-state index is -0.368. The van der Waals surface area contributed by atoms with E-state index in [0.29, 0.717) is 16.7 Å². The van der Waals surface area contributed by atoms with E-state index in [1.54, 1.807) is 30.9 Å². The Bertz CT molecular complexity index is 799. The van der Waals surface area contributed by atoms with E-state index >= 15 is 0 Å². The van der Waals surface area contributed by atoms with Gasteiger partial charge in [-0.15, -0.1) is 5.10 Å². The summed E-state index contributed by atoms with van der Waals surface area (Å²) in [5.74, 6) is 0.143. The fraction of sp³-hybridized carbons (Fsp3) is 0.200. The maximum Gasteiger partial charge on any atom is 0.240 e. The molecule has 1 N–H and O–H groups in total. The van der Waals surface area contributed by atoms with E-state index in [9.17, 15) is 4.79 Å². The highest BCUT2D eigenvalue weighted by Crippen LogP contribution is 2.21. The van der Waals surface area contributed by atoms with Gasteiger partial charge in [0.15, 0.2) is 0 Å². The summed E-state index contributed by atoms with van der Waals surface area (Å²) in [7, 11) is 0. The molecule has 23 heavy (non-hydrogen) atoms. The van der Waals surface area contributed by atoms with Crippen molar-refractivity contribution in [2.24, 2.45) is 0 Å². The number of aryl methyl sites for hydroxylation is 1. The summed E-state index contributed by atoms with van der Waals surface area (Å²) in [5, 5.41) is 10.9. The monoisotopic (exact) mass is 329 g/mol. The molecule has 1 amide bonds. The van der Waals surface area contributed by atoms with Crippen molar-refractivity contribution in [2.45, 2.75) is 24.3 Å². The second kappa shape index (κ2) is 6.66. The van der Waals surface area contributed by atoms with Crippen LogP contribution in [0.3, 0.4) is 0 Å². The first-order valence-electron chi connectivity index (χ1n) is 7.00. The number of carbonyl (C=O) groups is 1. The topological polar surface area (TPSA) is 85.8 Å². The Kier molecular flexibility index (Phi) is 4.42. The molecule has 7 nitrogen and oxygen atoms in total. The third-order valence-corrected chi connectivity index (χ3v) is 3.98. The summed E-state index contributed by atoms with van der Waals surface area (Å²) < 4.78 is 6.64. The van der Waals surface area contributed by atoms with Gasteiger partial charge in [-0.05, 0) is 26.0 Å². The molecule has 1 unspecified atom stereocenters. The Balaban J connectivity index is 1.62. The Hall–Kier alpha value is -2.61. The van der Waals surface area contributed by atoms with E-state index in [1.807, 2.05) is 30.3 Å². The zero-order valence-electron chi connectivity index (χ0n) is 12.6. The molecule has 0 fully saturated rings. The Labute approximate surface area is 137 Å². The van der Waals surface area contributed by atoms with Crippen molar-refractivity contribution in [3.8, 4) is 5.69 Å². The van der Waals surface area contributed by atoms with Gasteiger partial charge in [-0.1, -0.05) is 35.1 Å². The zero-order chi connectivity index (χ0) is 16.2. The van der Waals surface area contributed by atoms with Crippen LogP contribution in [0.25, 0.3) is 5.69 Å². The van der Waals surface area contributed by atoms with Gasteiger partial charge >= 0.3 is 0 Å². The zero-order valence-corrected chi connectivity index (χ0v) is 13.4. The second-order valence-electron chi connectivity index (χ2n) is 4.89. The van der Waals surface area contributed by atoms with E-state index in [0.717, 1.165) is 5.69 Å². The van der Waals surface area contributed by atoms with Crippen LogP contribution < -0.4 is 5.32 Å². The smallest absolute Gasteiger partial charge is 0.240 e. The predicted molar refractivity (Wildman–Crippen MR) is 86.5 cm³/mol. The van der Waals surface area contributed by atoms with Crippen molar-refractivity contribution in [2.75, 3.05) is 5.32 Å². The summed E-state index contributed by atoms with van der Waals surface area (Å²) in [6.07, 6.45) is 1.63. The highest BCUT2D eigenvalue weighted by Gasteiger charge is 2.18. The fourth-order valence-corrected chi connectivity index (χ4v) is 2.59. The number of rotatable bonds is 5. The molecular weight excluding hydrogens is 314 g/mol. The Morgan fingerprint density at radius 3 is 2.83 bits per heavy atom. The van der Waals surface area contributed by atoms with E-state index in [-0.39, 0.29) is 11.2 Å². The molecule has 0 saturated heterocycles. The molecule has 0 aliphatic rings. The lowest BCUT2D eigenvalue weighted by Gasteiger charge is -2.07. The average molecular weight is 329 g/mol. The van der Waals surface area contributed by atoms with Crippen molar-refractivity contribution in [3.63, 3.8) is 0 Å². The van der Waals surface area contributed by atoms with E-state index in [4.69, 9.17) is 4.52 Å². The second-order valence-corrected chi connectivity index (χ2v) is 6.20. The van der Waals surface area contributed by atoms with Crippen molar-refractivity contribution >= 4 is 23.6 Å². The third-order valence-electron chi connectivity index (χ3n) is 3.02. The summed E-state index contributed by atoms with van der Waals surface area (Å²) in [6, 6.07) is 11.3. The van der Waals surface area contributed by atoms with Crippen LogP contribution in [0.15, 0.2) is 52.4 Å². The number of anilines is 1. The summed E-state index contributed by atoms with van der Waals surface area (Å²) >= 11 is 1.28. The van der Waals surface area contributed by atoms with Gasteiger partial charge in [0.25, 0.3) is 0 Å². The Morgan fingerprint density at radius 1 is 1.35 bits per heavy atom. The lowest BCUT2D eigenvalue weighted by atomic mass is 10.3. The minimum Gasteiger partial charge on any atom is -0.338 e. The summed E-state index contributed by atoms with van der Waals surface area (Å²) in [5.41, 5.74) is 1.63. The first-order valence-corrected chi connectivity index (χ1v) is 7.88. The van der Waals surface area contributed by atoms with Gasteiger partial charge in [0.2, 0.25) is 16.9 Å². The van der Waals surface area contributed by atoms with Crippen molar-refractivity contribution < 1.29 is 9.32 Å². The number of amides is 1. The van der Waals surface area contributed by atoms with E-state index in [2.05, 4.69) is 20.6 Å². The van der Waals surface area contributed by atoms with Crippen LogP contribution in [0.5, 0.6) is 0 Å². The molecule has 0 bridgehead atoms. The molecule has 1 aromatic carbocycles. The number of hydrogen-bond donors (Lipinski definition) is 1. The van der Waals surface area contributed by atoms with Crippen LogP contribution in [-0.4, -0.2) is 31.1 Å². The molecule has 8 heteroatoms. The quantitative estimate of drug-likeness (QED) is 0.724. The number of nitrogens with one attached hydrogen (secondary N) is 1. The van der Waals surface area contributed by atoms with Crippen LogP contribution >= 0.6 is 11.8 Å². The number of nitrogens with zero attached hydrogens (tertiary/aromatic N) is 4. The van der Waals surface area contributed by atoms with Gasteiger partial charge in [-0.3, -0.25) is 10.1 Å². The van der Waals surface area contributed by atoms with Gasteiger partial charge in [-0.25, -0.2) is 9.67 Å². The first-order chi connectivity index (χ1) is 11.1. The van der Waals surface area contributed by atoms with Crippen molar-refractivity contribution in [3.05, 3.63) is 48.4 Å². The molecule has 2 heterocycles. The maximum atomic E-state index is 12.1. The highest BCUT2D eigenvalue weighted by atomic mass is 32.2. The van der Waals surface area contributed by atoms with Crippen molar-refractivity contribution in [1.29, 1.82) is 0 Å². The van der Waals surface area contributed by atoms with Crippen LogP contribution in [-0.2, 0) is 4.79 Å². The lowest BCUT2D eigenvalue weighted by molar-refractivity contribution is -0.115. The number of para-hydroxylation sites is 1. The van der Waals surface area contributed by atoms with Crippen LogP contribution in [0.4, 0.5) is 5.88 Å². The van der Waals surface area contributed by atoms with E-state index < -0.39 is 0 Å². The van der Waals surface area contributed by atoms with Crippen molar-refractivity contribution in [1.82, 2.24) is 19.9 Å². The van der Waals surface area contributed by atoms with Gasteiger partial charge in [0.1, 0.15) is 6.33 Å². The minimum absolute atomic E-state index is 0.192. The van der Waals surface area contributed by atoms with Gasteiger partial charge in [0, 0.05) is 6.07 Å². The number of carbonyl (C=O) groups excluding carboxylic acids is 1. The summed E-state index contributed by atoms with van der Waals surface area (Å²) in [6.45, 7) is 3.57. The molecule has 0 aliphatic heterocycles. The molecule has 1 atom stereocenters. The molecule has 3 rings (SSSR count). The molecule has 3 aromatic rings. The lowest BCUT2D eigenvalue weighted by Crippen LogP contribution is -2.22.